The van der Waals surface area contributed by atoms with Crippen LogP contribution in [-0.2, 0) is 20.9 Å². The first-order valence-corrected chi connectivity index (χ1v) is 9.73. The second-order valence-electron chi connectivity index (χ2n) is 7.56. The van der Waals surface area contributed by atoms with E-state index >= 15 is 0 Å². The van der Waals surface area contributed by atoms with E-state index in [1.807, 2.05) is 6.07 Å². The van der Waals surface area contributed by atoms with Crippen LogP contribution in [0.1, 0.15) is 31.2 Å². The van der Waals surface area contributed by atoms with Gasteiger partial charge in [0.1, 0.15) is 5.54 Å². The van der Waals surface area contributed by atoms with E-state index in [2.05, 4.69) is 10.3 Å². The lowest BCUT2D eigenvalue weighted by atomic mass is 9.89. The number of ether oxygens (including phenoxy) is 2. The Balaban J connectivity index is 1.68. The minimum atomic E-state index is -1.08. The average Bonchev–Trinajstić information content (AvgIpc) is 3.54. The zero-order valence-electron chi connectivity index (χ0n) is 16.0. The smallest absolute Gasteiger partial charge is 0.329 e. The number of hydrogen-bond donors (Lipinski definition) is 3. The summed E-state index contributed by atoms with van der Waals surface area (Å²) in [6.07, 6.45) is 4.47. The number of pyridine rings is 1. The summed E-state index contributed by atoms with van der Waals surface area (Å²) in [7, 11) is 0. The average molecular weight is 401 g/mol. The van der Waals surface area contributed by atoms with Gasteiger partial charge in [-0.3, -0.25) is 0 Å². The third kappa shape index (κ3) is 4.18. The number of carboxylic acids is 1. The largest absolute Gasteiger partial charge is 0.480 e. The summed E-state index contributed by atoms with van der Waals surface area (Å²) in [5.41, 5.74) is 6.96. The number of nitrogens with one attached hydrogen (secondary N) is 1. The van der Waals surface area contributed by atoms with Gasteiger partial charge in [-0.25, -0.2) is 14.2 Å². The van der Waals surface area contributed by atoms with Crippen molar-refractivity contribution in [2.75, 3.05) is 24.3 Å². The fourth-order valence-corrected chi connectivity index (χ4v) is 3.55. The topological polar surface area (TPSA) is 107 Å². The Morgan fingerprint density at radius 3 is 2.76 bits per heavy atom. The Hall–Kier alpha value is -2.71. The monoisotopic (exact) mass is 401 g/mol. The molecule has 4 rings (SSSR count). The molecule has 154 valence electrons. The van der Waals surface area contributed by atoms with Crippen LogP contribution >= 0.6 is 0 Å². The zero-order chi connectivity index (χ0) is 20.4. The number of carboxylic acid groups (broad SMARTS) is 1. The van der Waals surface area contributed by atoms with Gasteiger partial charge >= 0.3 is 5.97 Å². The number of benzene rings is 1. The first-order chi connectivity index (χ1) is 14.0. The maximum absolute atomic E-state index is 14.6. The number of aromatic nitrogens is 1. The molecule has 1 aliphatic heterocycles. The number of halogens is 1. The molecule has 0 amide bonds. The maximum Gasteiger partial charge on any atom is 0.329 e. The third-order valence-electron chi connectivity index (χ3n) is 5.45. The number of nitrogens with zero attached hydrogens (tertiary/aromatic N) is 1. The highest BCUT2D eigenvalue weighted by atomic mass is 19.1. The molecule has 2 aromatic rings. The van der Waals surface area contributed by atoms with E-state index in [0.29, 0.717) is 49.5 Å². The second-order valence-corrected chi connectivity index (χ2v) is 7.56. The Kier molecular flexibility index (Phi) is 5.38. The van der Waals surface area contributed by atoms with Gasteiger partial charge in [-0.2, -0.15) is 0 Å². The van der Waals surface area contributed by atoms with Crippen LogP contribution in [0.3, 0.4) is 0 Å². The fraction of sp³-hybridized carbons (Fsp3) is 0.429. The minimum absolute atomic E-state index is 0.161. The molecular formula is C21H24FN3O4. The standard InChI is InChI=1S/C21H24FN3O4/c22-18-17(5-8-24-19(18)23)16-4-1-14(11-13(16)12-29-15-2-3-15)25-21(20(26)27)6-9-28-10-7-21/h1,4-5,8,11,15,25H,2-3,6-7,9-10,12H2,(H2,23,24)(H,26,27). The van der Waals surface area contributed by atoms with Gasteiger partial charge in [-0.15, -0.1) is 0 Å². The van der Waals surface area contributed by atoms with Gasteiger partial charge < -0.3 is 25.6 Å². The molecule has 4 N–H and O–H groups in total. The summed E-state index contributed by atoms with van der Waals surface area (Å²) in [4.78, 5) is 15.7. The van der Waals surface area contributed by atoms with Crippen LogP contribution in [0.4, 0.5) is 15.9 Å². The van der Waals surface area contributed by atoms with Gasteiger partial charge in [0.25, 0.3) is 0 Å². The summed E-state index contributed by atoms with van der Waals surface area (Å²) >= 11 is 0. The first-order valence-electron chi connectivity index (χ1n) is 9.73. The van der Waals surface area contributed by atoms with Crippen LogP contribution in [0.5, 0.6) is 0 Å². The van der Waals surface area contributed by atoms with Crippen LogP contribution < -0.4 is 11.1 Å². The molecule has 8 heteroatoms. The molecule has 7 nitrogen and oxygen atoms in total. The molecule has 1 aromatic carbocycles. The summed E-state index contributed by atoms with van der Waals surface area (Å²) in [6, 6.07) is 6.92. The van der Waals surface area contributed by atoms with Crippen LogP contribution in [0.15, 0.2) is 30.5 Å². The number of carbonyl (C=O) groups is 1. The Labute approximate surface area is 168 Å². The Bertz CT molecular complexity index is 911. The van der Waals surface area contributed by atoms with Gasteiger partial charge in [-0.1, -0.05) is 6.07 Å². The first kappa shape index (κ1) is 19.6. The summed E-state index contributed by atoms with van der Waals surface area (Å²) in [6.45, 7) is 1.08. The van der Waals surface area contributed by atoms with Gasteiger partial charge in [0.2, 0.25) is 0 Å². The highest BCUT2D eigenvalue weighted by Gasteiger charge is 2.40. The zero-order valence-corrected chi connectivity index (χ0v) is 16.0. The number of hydrogen-bond acceptors (Lipinski definition) is 6. The van der Waals surface area contributed by atoms with Crippen molar-refractivity contribution in [1.29, 1.82) is 0 Å². The molecule has 2 aliphatic rings. The predicted molar refractivity (Wildman–Crippen MR) is 106 cm³/mol. The normalized spacial score (nSPS) is 18.4. The summed E-state index contributed by atoms with van der Waals surface area (Å²) < 4.78 is 25.8. The lowest BCUT2D eigenvalue weighted by Gasteiger charge is -2.35. The predicted octanol–water partition coefficient (Wildman–Crippen LogP) is 3.19. The van der Waals surface area contributed by atoms with E-state index < -0.39 is 17.3 Å². The molecule has 0 atom stereocenters. The highest BCUT2D eigenvalue weighted by Crippen LogP contribution is 2.34. The van der Waals surface area contributed by atoms with E-state index in [9.17, 15) is 14.3 Å². The fourth-order valence-electron chi connectivity index (χ4n) is 3.55. The van der Waals surface area contributed by atoms with Crippen molar-refractivity contribution in [1.82, 2.24) is 4.98 Å². The van der Waals surface area contributed by atoms with E-state index in [4.69, 9.17) is 15.2 Å². The van der Waals surface area contributed by atoms with Crippen LogP contribution in [-0.4, -0.2) is 40.9 Å². The van der Waals surface area contributed by atoms with E-state index in [0.717, 1.165) is 18.4 Å². The van der Waals surface area contributed by atoms with Crippen molar-refractivity contribution >= 4 is 17.5 Å². The highest BCUT2D eigenvalue weighted by molar-refractivity contribution is 5.83. The van der Waals surface area contributed by atoms with Gasteiger partial charge in [0.15, 0.2) is 11.6 Å². The van der Waals surface area contributed by atoms with Crippen molar-refractivity contribution in [3.8, 4) is 11.1 Å². The second kappa shape index (κ2) is 7.96. The van der Waals surface area contributed by atoms with Gasteiger partial charge in [-0.05, 0) is 42.2 Å². The van der Waals surface area contributed by atoms with Crippen LogP contribution in [0.25, 0.3) is 11.1 Å². The Morgan fingerprint density at radius 1 is 1.31 bits per heavy atom. The molecule has 0 spiro atoms. The van der Waals surface area contributed by atoms with Crippen molar-refractivity contribution in [2.24, 2.45) is 0 Å². The number of anilines is 2. The molecule has 1 saturated heterocycles. The molecule has 1 aliphatic carbocycles. The molecule has 29 heavy (non-hydrogen) atoms. The lowest BCUT2D eigenvalue weighted by Crippen LogP contribution is -2.50. The minimum Gasteiger partial charge on any atom is -0.480 e. The van der Waals surface area contributed by atoms with E-state index in [1.165, 1.54) is 6.20 Å². The van der Waals surface area contributed by atoms with Gasteiger partial charge in [0, 0.05) is 43.5 Å². The van der Waals surface area contributed by atoms with Crippen molar-refractivity contribution in [3.63, 3.8) is 0 Å². The number of nitrogens with two attached hydrogens (primary N) is 1. The molecule has 0 unspecified atom stereocenters. The molecule has 0 bridgehead atoms. The van der Waals surface area contributed by atoms with Crippen molar-refractivity contribution < 1.29 is 23.8 Å². The molecular weight excluding hydrogens is 377 g/mol. The lowest BCUT2D eigenvalue weighted by molar-refractivity contribution is -0.145. The molecule has 2 fully saturated rings. The Morgan fingerprint density at radius 2 is 2.07 bits per heavy atom. The molecule has 2 heterocycles. The number of rotatable bonds is 7. The third-order valence-corrected chi connectivity index (χ3v) is 5.45. The molecule has 1 saturated carbocycles. The number of nitrogen functional groups attached to an aromatic ring is 1. The SMILES string of the molecule is Nc1nccc(-c2ccc(NC3(C(=O)O)CCOCC3)cc2COC2CC2)c1F. The van der Waals surface area contributed by atoms with Crippen molar-refractivity contribution in [2.45, 2.75) is 43.9 Å². The summed E-state index contributed by atoms with van der Waals surface area (Å²) in [5.74, 6) is -1.65. The van der Waals surface area contributed by atoms with E-state index in [-0.39, 0.29) is 11.9 Å². The quantitative estimate of drug-likeness (QED) is 0.654. The number of aliphatic carboxylic acids is 1. The van der Waals surface area contributed by atoms with Crippen molar-refractivity contribution in [3.05, 3.63) is 41.8 Å². The van der Waals surface area contributed by atoms with Crippen LogP contribution in [0, 0.1) is 5.82 Å². The summed E-state index contributed by atoms with van der Waals surface area (Å²) in [5, 5.41) is 13.0. The maximum atomic E-state index is 14.6. The van der Waals surface area contributed by atoms with Crippen LogP contribution in [0.2, 0.25) is 0 Å². The van der Waals surface area contributed by atoms with Gasteiger partial charge in [0.05, 0.1) is 12.7 Å². The molecule has 1 aromatic heterocycles. The van der Waals surface area contributed by atoms with E-state index in [1.54, 1.807) is 18.2 Å². The molecule has 0 radical (unpaired) electrons.